The van der Waals surface area contributed by atoms with Gasteiger partial charge in [-0.25, -0.2) is 4.98 Å². The van der Waals surface area contributed by atoms with Crippen molar-refractivity contribution in [1.82, 2.24) is 19.9 Å². The van der Waals surface area contributed by atoms with Gasteiger partial charge in [0, 0.05) is 17.5 Å². The van der Waals surface area contributed by atoms with Crippen LogP contribution in [-0.2, 0) is 12.3 Å². The van der Waals surface area contributed by atoms with Gasteiger partial charge in [-0.3, -0.25) is 14.7 Å². The van der Waals surface area contributed by atoms with E-state index in [-0.39, 0.29) is 5.56 Å². The van der Waals surface area contributed by atoms with Crippen LogP contribution < -0.4 is 5.56 Å². The van der Waals surface area contributed by atoms with Crippen LogP contribution in [0.15, 0.2) is 41.2 Å². The fourth-order valence-electron chi connectivity index (χ4n) is 3.77. The van der Waals surface area contributed by atoms with Crippen LogP contribution in [0.4, 0.5) is 0 Å². The van der Waals surface area contributed by atoms with Crippen molar-refractivity contribution in [3.05, 3.63) is 69.5 Å². The maximum Gasteiger partial charge on any atom is 0.258 e. The van der Waals surface area contributed by atoms with E-state index in [1.165, 1.54) is 0 Å². The average molecular weight is 395 g/mol. The summed E-state index contributed by atoms with van der Waals surface area (Å²) in [6, 6.07) is 12.0. The summed E-state index contributed by atoms with van der Waals surface area (Å²) in [5, 5.41) is 1.28. The summed E-state index contributed by atoms with van der Waals surface area (Å²) in [6.07, 6.45) is 2.32. The van der Waals surface area contributed by atoms with Gasteiger partial charge in [-0.05, 0) is 63.5 Å². The average Bonchev–Trinajstić information content (AvgIpc) is 2.68. The maximum absolute atomic E-state index is 12.3. The molecule has 4 rings (SSSR count). The van der Waals surface area contributed by atoms with Gasteiger partial charge >= 0.3 is 0 Å². The Balaban J connectivity index is 1.33. The number of aromatic nitrogens is 3. The van der Waals surface area contributed by atoms with Crippen molar-refractivity contribution < 1.29 is 0 Å². The van der Waals surface area contributed by atoms with Gasteiger partial charge in [0.15, 0.2) is 0 Å². The third kappa shape index (κ3) is 4.45. The number of aryl methyl sites for hydroxylation is 2. The lowest BCUT2D eigenvalue weighted by Crippen LogP contribution is -2.34. The van der Waals surface area contributed by atoms with Crippen molar-refractivity contribution in [2.24, 2.45) is 0 Å². The molecular weight excluding hydrogens is 368 g/mol. The van der Waals surface area contributed by atoms with Crippen LogP contribution >= 0.6 is 11.8 Å². The number of aromatic amines is 1. The number of thioether (sulfide) groups is 1. The lowest BCUT2D eigenvalue weighted by molar-refractivity contribution is 0.222. The third-order valence-electron chi connectivity index (χ3n) is 5.31. The van der Waals surface area contributed by atoms with Gasteiger partial charge in [-0.2, -0.15) is 11.8 Å². The lowest BCUT2D eigenvalue weighted by Gasteiger charge is -2.31. The molecule has 5 nitrogen and oxygen atoms in total. The Hall–Kier alpha value is -2.18. The lowest BCUT2D eigenvalue weighted by atomic mass is 10.1. The van der Waals surface area contributed by atoms with E-state index in [0.29, 0.717) is 10.6 Å². The zero-order valence-electron chi connectivity index (χ0n) is 16.4. The second kappa shape index (κ2) is 8.45. The van der Waals surface area contributed by atoms with Gasteiger partial charge in [-0.15, -0.1) is 0 Å². The number of likely N-dealkylation sites (tertiary alicyclic amines) is 1. The Bertz CT molecular complexity index is 1020. The number of nitrogens with one attached hydrogen (secondary N) is 1. The highest BCUT2D eigenvalue weighted by Gasteiger charge is 2.20. The predicted molar refractivity (Wildman–Crippen MR) is 116 cm³/mol. The van der Waals surface area contributed by atoms with Gasteiger partial charge in [0.05, 0.1) is 22.3 Å². The highest BCUT2D eigenvalue weighted by atomic mass is 32.2. The Morgan fingerprint density at radius 1 is 1.11 bits per heavy atom. The van der Waals surface area contributed by atoms with Crippen molar-refractivity contribution in [2.45, 2.75) is 44.2 Å². The zero-order chi connectivity index (χ0) is 19.5. The van der Waals surface area contributed by atoms with Gasteiger partial charge < -0.3 is 4.98 Å². The molecular formula is C22H26N4OS. The molecule has 3 heterocycles. The molecule has 6 heteroatoms. The van der Waals surface area contributed by atoms with E-state index in [2.05, 4.69) is 27.0 Å². The molecule has 2 aromatic heterocycles. The second-order valence-corrected chi connectivity index (χ2v) is 8.83. The molecule has 0 radical (unpaired) electrons. The van der Waals surface area contributed by atoms with Gasteiger partial charge in [-0.1, -0.05) is 18.2 Å². The minimum Gasteiger partial charge on any atom is -0.309 e. The van der Waals surface area contributed by atoms with Gasteiger partial charge in [0.2, 0.25) is 0 Å². The molecule has 0 atom stereocenters. The van der Waals surface area contributed by atoms with Crippen molar-refractivity contribution >= 4 is 22.7 Å². The summed E-state index contributed by atoms with van der Waals surface area (Å²) in [7, 11) is 0. The predicted octanol–water partition coefficient (Wildman–Crippen LogP) is 3.83. The third-order valence-corrected chi connectivity index (χ3v) is 6.69. The molecule has 146 valence electrons. The number of benzene rings is 1. The molecule has 1 aliphatic heterocycles. The number of pyridine rings is 1. The molecule has 0 bridgehead atoms. The maximum atomic E-state index is 12.3. The molecule has 0 spiro atoms. The fourth-order valence-corrected chi connectivity index (χ4v) is 4.84. The first kappa shape index (κ1) is 19.2. The normalized spacial score (nSPS) is 15.9. The Kier molecular flexibility index (Phi) is 5.78. The minimum atomic E-state index is -0.0372. The number of nitrogens with zero attached hydrogens (tertiary/aromatic N) is 3. The molecule has 3 aromatic rings. The largest absolute Gasteiger partial charge is 0.309 e. The van der Waals surface area contributed by atoms with E-state index in [1.807, 2.05) is 49.9 Å². The number of hydrogen-bond donors (Lipinski definition) is 1. The minimum absolute atomic E-state index is 0.0372. The van der Waals surface area contributed by atoms with Crippen LogP contribution in [-0.4, -0.2) is 38.2 Å². The monoisotopic (exact) mass is 394 g/mol. The topological polar surface area (TPSA) is 61.9 Å². The van der Waals surface area contributed by atoms with E-state index in [4.69, 9.17) is 4.98 Å². The first-order chi connectivity index (χ1) is 13.6. The Morgan fingerprint density at radius 2 is 1.89 bits per heavy atom. The van der Waals surface area contributed by atoms with Gasteiger partial charge in [0.1, 0.15) is 5.82 Å². The standard InChI is InChI=1S/C22H26N4OS/c1-15-5-3-8-19-21(15)24-20(25-22(19)27)14-28-18-9-11-26(12-10-18)13-17-7-4-6-16(2)23-17/h3-8,18H,9-14H2,1-2H3,(H,24,25,27). The van der Waals surface area contributed by atoms with E-state index in [0.717, 1.165) is 66.5 Å². The van der Waals surface area contributed by atoms with E-state index in [9.17, 15) is 4.79 Å². The van der Waals surface area contributed by atoms with Crippen LogP contribution in [0.3, 0.4) is 0 Å². The summed E-state index contributed by atoms with van der Waals surface area (Å²) in [5.74, 6) is 1.53. The molecule has 28 heavy (non-hydrogen) atoms. The van der Waals surface area contributed by atoms with Crippen molar-refractivity contribution in [3.8, 4) is 0 Å². The van der Waals surface area contributed by atoms with Crippen molar-refractivity contribution in [3.63, 3.8) is 0 Å². The van der Waals surface area contributed by atoms with Crippen LogP contribution in [0.25, 0.3) is 10.9 Å². The second-order valence-electron chi connectivity index (χ2n) is 7.54. The van der Waals surface area contributed by atoms with E-state index >= 15 is 0 Å². The van der Waals surface area contributed by atoms with Crippen molar-refractivity contribution in [1.29, 1.82) is 0 Å². The molecule has 0 aliphatic carbocycles. The smallest absolute Gasteiger partial charge is 0.258 e. The molecule has 1 aromatic carbocycles. The quantitative estimate of drug-likeness (QED) is 0.713. The summed E-state index contributed by atoms with van der Waals surface area (Å²) in [5.41, 5.74) is 4.06. The first-order valence-electron chi connectivity index (χ1n) is 9.83. The van der Waals surface area contributed by atoms with Crippen LogP contribution in [0.2, 0.25) is 0 Å². The van der Waals surface area contributed by atoms with Crippen LogP contribution in [0, 0.1) is 13.8 Å². The van der Waals surface area contributed by atoms with E-state index in [1.54, 1.807) is 0 Å². The van der Waals surface area contributed by atoms with E-state index < -0.39 is 0 Å². The Labute approximate surface area is 169 Å². The summed E-state index contributed by atoms with van der Waals surface area (Å²) < 4.78 is 0. The van der Waals surface area contributed by atoms with Crippen LogP contribution in [0.1, 0.15) is 35.6 Å². The fraction of sp³-hybridized carbons (Fsp3) is 0.409. The van der Waals surface area contributed by atoms with Crippen LogP contribution in [0.5, 0.6) is 0 Å². The van der Waals surface area contributed by atoms with Gasteiger partial charge in [0.25, 0.3) is 5.56 Å². The number of fused-ring (bicyclic) bond motifs is 1. The first-order valence-corrected chi connectivity index (χ1v) is 10.9. The summed E-state index contributed by atoms with van der Waals surface area (Å²) in [6.45, 7) is 7.16. The number of piperidine rings is 1. The highest BCUT2D eigenvalue weighted by molar-refractivity contribution is 7.99. The molecule has 1 aliphatic rings. The number of para-hydroxylation sites is 1. The molecule has 1 fully saturated rings. The molecule has 0 unspecified atom stereocenters. The number of rotatable bonds is 5. The summed E-state index contributed by atoms with van der Waals surface area (Å²) in [4.78, 5) is 27.1. The summed E-state index contributed by atoms with van der Waals surface area (Å²) >= 11 is 1.91. The number of hydrogen-bond acceptors (Lipinski definition) is 5. The highest BCUT2D eigenvalue weighted by Crippen LogP contribution is 2.26. The molecule has 0 amide bonds. The molecule has 0 saturated carbocycles. The SMILES string of the molecule is Cc1cccc(CN2CCC(SCc3nc4c(C)cccc4c(=O)[nH]3)CC2)n1. The molecule has 1 N–H and O–H groups in total. The zero-order valence-corrected chi connectivity index (χ0v) is 17.3. The Morgan fingerprint density at radius 3 is 2.68 bits per heavy atom. The number of H-pyrrole nitrogens is 1. The van der Waals surface area contributed by atoms with Crippen molar-refractivity contribution in [2.75, 3.05) is 13.1 Å². The molecule has 1 saturated heterocycles.